The molecule has 1 saturated heterocycles. The van der Waals surface area contributed by atoms with E-state index >= 15 is 0 Å². The van der Waals surface area contributed by atoms with Crippen LogP contribution in [0.25, 0.3) is 5.70 Å². The van der Waals surface area contributed by atoms with Crippen LogP contribution in [-0.2, 0) is 25.5 Å². The van der Waals surface area contributed by atoms with E-state index in [1.165, 1.54) is 32.1 Å². The number of Topliss-reactive ketones (excluding diaryl/α,β-unsaturated/α-hetero) is 1. The molecule has 2 aromatic rings. The van der Waals surface area contributed by atoms with Crippen LogP contribution in [0.3, 0.4) is 0 Å². The van der Waals surface area contributed by atoms with Crippen molar-refractivity contribution in [1.82, 2.24) is 9.80 Å². The van der Waals surface area contributed by atoms with Gasteiger partial charge in [-0.2, -0.15) is 0 Å². The van der Waals surface area contributed by atoms with Crippen molar-refractivity contribution < 1.29 is 43.2 Å². The van der Waals surface area contributed by atoms with Gasteiger partial charge in [-0.1, -0.05) is 6.07 Å². The van der Waals surface area contributed by atoms with Gasteiger partial charge >= 0.3 is 11.9 Å². The highest BCUT2D eigenvalue weighted by Crippen LogP contribution is 2.63. The number of hydrogen-bond acceptors (Lipinski definition) is 12. The number of carbonyl (C=O) groups is 3. The number of benzene rings is 2. The van der Waals surface area contributed by atoms with Crippen molar-refractivity contribution in [2.24, 2.45) is 0 Å². The van der Waals surface area contributed by atoms with Crippen LogP contribution >= 0.6 is 11.8 Å². The minimum Gasteiger partial charge on any atom is -0.504 e. The third kappa shape index (κ3) is 3.81. The van der Waals surface area contributed by atoms with Crippen molar-refractivity contribution in [2.45, 2.75) is 63.5 Å². The number of esters is 2. The molecule has 43 heavy (non-hydrogen) atoms. The van der Waals surface area contributed by atoms with Crippen LogP contribution in [0.15, 0.2) is 12.3 Å². The fraction of sp³-hybridized carbons (Fsp3) is 0.452. The first-order valence-corrected chi connectivity index (χ1v) is 15.2. The molecule has 5 aliphatic heterocycles. The lowest BCUT2D eigenvalue weighted by atomic mass is 9.72. The van der Waals surface area contributed by atoms with Gasteiger partial charge in [0.15, 0.2) is 23.0 Å². The topological polar surface area (TPSA) is 124 Å². The fourth-order valence-electron chi connectivity index (χ4n) is 7.71. The molecule has 2 aromatic carbocycles. The molecule has 0 saturated carbocycles. The molecular weight excluding hydrogens is 576 g/mol. The number of piperazine rings is 1. The second-order valence-electron chi connectivity index (χ2n) is 11.6. The third-order valence-corrected chi connectivity index (χ3v) is 10.7. The van der Waals surface area contributed by atoms with E-state index in [4.69, 9.17) is 23.7 Å². The number of rotatable bonds is 2. The standard InChI is InChI=1S/C31H32N2O9S/c1-12-7-16-8-17-14(3)33-18-9-39-31(37)19(35)10-43-30(24(33)23(32(17)5)20(16)25(36)26(12)38-6)22-21(18)29-28(40-11-41-29)13(2)27(22)42-15(4)34/h7,9,14,17,23-24,30,36H,8,10-11H2,1-6H3/b18-9-/t14-,17-,23+,24?,30+/m0/s1. The largest absolute Gasteiger partial charge is 0.504 e. The summed E-state index contributed by atoms with van der Waals surface area (Å²) in [7, 11) is 3.59. The zero-order chi connectivity index (χ0) is 30.5. The zero-order valence-electron chi connectivity index (χ0n) is 24.7. The predicted octanol–water partition coefficient (Wildman–Crippen LogP) is 3.55. The molecule has 1 unspecified atom stereocenters. The lowest BCUT2D eigenvalue weighted by Gasteiger charge is -2.62. The predicted molar refractivity (Wildman–Crippen MR) is 155 cm³/mol. The number of likely N-dealkylation sites (N-methyl/N-ethyl adjacent to an activating group) is 1. The number of fused-ring (bicyclic) bond motifs is 9. The summed E-state index contributed by atoms with van der Waals surface area (Å²) in [5.74, 6) is -0.542. The van der Waals surface area contributed by atoms with Crippen LogP contribution < -0.4 is 18.9 Å². The number of aryl methyl sites for hydroxylation is 1. The van der Waals surface area contributed by atoms with Gasteiger partial charge in [0.1, 0.15) is 12.0 Å². The van der Waals surface area contributed by atoms with Crippen molar-refractivity contribution in [3.05, 3.63) is 45.7 Å². The smallest absolute Gasteiger partial charge is 0.380 e. The van der Waals surface area contributed by atoms with Gasteiger partial charge in [-0.25, -0.2) is 4.79 Å². The molecule has 4 bridgehead atoms. The van der Waals surface area contributed by atoms with E-state index in [0.29, 0.717) is 51.8 Å². The van der Waals surface area contributed by atoms with Crippen LogP contribution in [0.4, 0.5) is 0 Å². The molecule has 226 valence electrons. The lowest BCUT2D eigenvalue weighted by molar-refractivity contribution is -0.148. The molecule has 11 nitrogen and oxygen atoms in total. The fourth-order valence-corrected chi connectivity index (χ4v) is 9.03. The van der Waals surface area contributed by atoms with Crippen LogP contribution in [0.5, 0.6) is 28.7 Å². The summed E-state index contributed by atoms with van der Waals surface area (Å²) in [6.07, 6.45) is 1.99. The van der Waals surface area contributed by atoms with E-state index in [-0.39, 0.29) is 36.4 Å². The van der Waals surface area contributed by atoms with Crippen molar-refractivity contribution in [3.8, 4) is 28.7 Å². The normalized spacial score (nSPS) is 28.3. The van der Waals surface area contributed by atoms with Crippen LogP contribution in [-0.4, -0.2) is 77.5 Å². The Kier molecular flexibility index (Phi) is 6.37. The minimum absolute atomic E-state index is 0.0249. The number of aromatic hydroxyl groups is 1. The van der Waals surface area contributed by atoms with E-state index in [0.717, 1.165) is 16.7 Å². The van der Waals surface area contributed by atoms with Crippen molar-refractivity contribution in [2.75, 3.05) is 26.7 Å². The highest BCUT2D eigenvalue weighted by Gasteiger charge is 2.58. The number of phenols is 1. The number of ketones is 1. The highest BCUT2D eigenvalue weighted by molar-refractivity contribution is 8.00. The molecule has 5 aliphatic rings. The Labute approximate surface area is 252 Å². The number of cyclic esters (lactones) is 1. The van der Waals surface area contributed by atoms with Crippen LogP contribution in [0.2, 0.25) is 0 Å². The maximum atomic E-state index is 12.9. The third-order valence-electron chi connectivity index (χ3n) is 9.41. The lowest BCUT2D eigenvalue weighted by Crippen LogP contribution is -2.66. The molecule has 1 N–H and O–H groups in total. The molecule has 0 radical (unpaired) electrons. The van der Waals surface area contributed by atoms with E-state index in [1.54, 1.807) is 0 Å². The quantitative estimate of drug-likeness (QED) is 0.305. The van der Waals surface area contributed by atoms with E-state index in [2.05, 4.69) is 22.8 Å². The Morgan fingerprint density at radius 1 is 1.14 bits per heavy atom. The molecule has 7 rings (SSSR count). The summed E-state index contributed by atoms with van der Waals surface area (Å²) in [4.78, 5) is 42.6. The number of phenolic OH excluding ortho intramolecular Hbond substituents is 1. The zero-order valence-corrected chi connectivity index (χ0v) is 25.5. The molecule has 1 fully saturated rings. The molecular formula is C31H32N2O9S. The van der Waals surface area contributed by atoms with Crippen molar-refractivity contribution in [1.29, 1.82) is 0 Å². The molecule has 5 heterocycles. The van der Waals surface area contributed by atoms with E-state index in [9.17, 15) is 19.5 Å². The average Bonchev–Trinajstić information content (AvgIpc) is 3.45. The first-order chi connectivity index (χ1) is 20.5. The molecule has 0 amide bonds. The van der Waals surface area contributed by atoms with E-state index in [1.807, 2.05) is 20.9 Å². The Bertz CT molecular complexity index is 1650. The van der Waals surface area contributed by atoms with Gasteiger partial charge < -0.3 is 33.7 Å². The first-order valence-electron chi connectivity index (χ1n) is 14.1. The second kappa shape index (κ2) is 9.81. The number of thioether (sulfide) groups is 1. The number of methoxy groups -OCH3 is 1. The summed E-state index contributed by atoms with van der Waals surface area (Å²) >= 11 is 1.29. The monoisotopic (exact) mass is 608 g/mol. The van der Waals surface area contributed by atoms with Gasteiger partial charge in [-0.3, -0.25) is 14.5 Å². The summed E-state index contributed by atoms with van der Waals surface area (Å²) in [6, 6.07) is 1.25. The molecule has 0 aliphatic carbocycles. The molecule has 0 aromatic heterocycles. The molecule has 0 spiro atoms. The number of nitrogens with zero attached hydrogens (tertiary/aromatic N) is 2. The van der Waals surface area contributed by atoms with Gasteiger partial charge in [0, 0.05) is 35.7 Å². The maximum Gasteiger partial charge on any atom is 0.380 e. The van der Waals surface area contributed by atoms with E-state index < -0.39 is 29.0 Å². The Balaban J connectivity index is 1.57. The van der Waals surface area contributed by atoms with Crippen LogP contribution in [0.1, 0.15) is 58.5 Å². The van der Waals surface area contributed by atoms with Crippen molar-refractivity contribution in [3.63, 3.8) is 0 Å². The van der Waals surface area contributed by atoms with Gasteiger partial charge in [0.25, 0.3) is 0 Å². The SMILES string of the molecule is COc1c(C)cc2c(c1O)[C@@H]1C3[C@@H]4SCC(=O)C(=O)O/C=C(/c5c6c(c(C)c(OC(C)=O)c54)OCO6)N3[C@@H](C)[C@H](C2)N1C. The number of carbonyl (C=O) groups excluding carboxylic acids is 3. The summed E-state index contributed by atoms with van der Waals surface area (Å²) in [5, 5.41) is 11.2. The van der Waals surface area contributed by atoms with Gasteiger partial charge in [-0.05, 0) is 45.4 Å². The highest BCUT2D eigenvalue weighted by atomic mass is 32.2. The first kappa shape index (κ1) is 27.9. The van der Waals surface area contributed by atoms with Gasteiger partial charge in [0.2, 0.25) is 12.6 Å². The molecule has 5 atom stereocenters. The van der Waals surface area contributed by atoms with Gasteiger partial charge in [-0.15, -0.1) is 11.8 Å². The number of ether oxygens (including phenoxy) is 5. The Morgan fingerprint density at radius 2 is 1.88 bits per heavy atom. The minimum atomic E-state index is -0.947. The van der Waals surface area contributed by atoms with Crippen LogP contribution in [0, 0.1) is 13.8 Å². The summed E-state index contributed by atoms with van der Waals surface area (Å²) in [6.45, 7) is 7.17. The average molecular weight is 609 g/mol. The Morgan fingerprint density at radius 3 is 2.60 bits per heavy atom. The second-order valence-corrected chi connectivity index (χ2v) is 12.8. The summed E-state index contributed by atoms with van der Waals surface area (Å²) < 4.78 is 29.0. The van der Waals surface area contributed by atoms with Gasteiger partial charge in [0.05, 0.1) is 41.5 Å². The maximum absolute atomic E-state index is 12.9. The van der Waals surface area contributed by atoms with Crippen molar-refractivity contribution >= 4 is 35.2 Å². The Hall–Kier alpha value is -3.90. The summed E-state index contributed by atoms with van der Waals surface area (Å²) in [5.41, 5.74) is 5.01. The molecule has 12 heteroatoms. The number of hydrogen-bond donors (Lipinski definition) is 1.